The van der Waals surface area contributed by atoms with E-state index in [4.69, 9.17) is 5.11 Å². The molecule has 0 aliphatic heterocycles. The lowest BCUT2D eigenvalue weighted by atomic mass is 10.1. The fourth-order valence-corrected chi connectivity index (χ4v) is 1.33. The van der Waals surface area contributed by atoms with E-state index < -0.39 is 0 Å². The number of hydrogen-bond donors (Lipinski definition) is 1. The highest BCUT2D eigenvalue weighted by Crippen LogP contribution is 2.05. The summed E-state index contributed by atoms with van der Waals surface area (Å²) in [5.41, 5.74) is 2.71. The van der Waals surface area contributed by atoms with Gasteiger partial charge >= 0.3 is 0 Å². The van der Waals surface area contributed by atoms with Crippen LogP contribution in [0.1, 0.15) is 18.1 Å². The molecule has 0 spiro atoms. The molecule has 0 aromatic heterocycles. The molecular formula is C12H19NO. The monoisotopic (exact) mass is 193 g/mol. The van der Waals surface area contributed by atoms with E-state index >= 15 is 0 Å². The molecule has 1 aromatic rings. The maximum Gasteiger partial charge on any atom is 0.0954 e. The van der Waals surface area contributed by atoms with Crippen LogP contribution in [0.25, 0.3) is 0 Å². The lowest BCUT2D eigenvalue weighted by Gasteiger charge is -2.12. The van der Waals surface area contributed by atoms with E-state index in [1.807, 2.05) is 11.9 Å². The summed E-state index contributed by atoms with van der Waals surface area (Å²) in [6.07, 6.45) is 2.10. The summed E-state index contributed by atoms with van der Waals surface area (Å²) in [6.45, 7) is 3.20. The number of likely N-dealkylation sites (N-methyl/N-ethyl adjacent to an activating group) is 1. The summed E-state index contributed by atoms with van der Waals surface area (Å²) in [5.74, 6) is 0. The third-order valence-corrected chi connectivity index (χ3v) is 2.45. The number of aliphatic hydroxyl groups is 1. The van der Waals surface area contributed by atoms with Crippen molar-refractivity contribution in [1.29, 1.82) is 0 Å². The van der Waals surface area contributed by atoms with Gasteiger partial charge < -0.3 is 5.11 Å². The quantitative estimate of drug-likeness (QED) is 0.719. The molecule has 2 heteroatoms. The summed E-state index contributed by atoms with van der Waals surface area (Å²) in [4.78, 5) is 1.90. The van der Waals surface area contributed by atoms with Gasteiger partial charge in [-0.25, -0.2) is 0 Å². The van der Waals surface area contributed by atoms with E-state index in [0.29, 0.717) is 0 Å². The van der Waals surface area contributed by atoms with Crippen molar-refractivity contribution in [3.63, 3.8) is 0 Å². The van der Waals surface area contributed by atoms with Crippen molar-refractivity contribution < 1.29 is 5.11 Å². The average molecular weight is 193 g/mol. The summed E-state index contributed by atoms with van der Waals surface area (Å²) in [7, 11) is 1.92. The number of benzene rings is 1. The van der Waals surface area contributed by atoms with Crippen LogP contribution in [0.2, 0.25) is 0 Å². The van der Waals surface area contributed by atoms with Gasteiger partial charge in [0.2, 0.25) is 0 Å². The standard InChI is InChI=1S/C12H19NO/c1-3-11-4-6-12(7-5-11)8-9-13(2)10-14/h4-7,14H,3,8-10H2,1-2H3. The zero-order valence-corrected chi connectivity index (χ0v) is 9.03. The highest BCUT2D eigenvalue weighted by atomic mass is 16.3. The van der Waals surface area contributed by atoms with Crippen LogP contribution in [0.3, 0.4) is 0 Å². The smallest absolute Gasteiger partial charge is 0.0954 e. The Morgan fingerprint density at radius 2 is 1.71 bits per heavy atom. The molecule has 0 unspecified atom stereocenters. The highest BCUT2D eigenvalue weighted by molar-refractivity contribution is 5.22. The number of rotatable bonds is 5. The second kappa shape index (κ2) is 5.78. The molecule has 0 radical (unpaired) electrons. The van der Waals surface area contributed by atoms with E-state index in [1.165, 1.54) is 11.1 Å². The van der Waals surface area contributed by atoms with Gasteiger partial charge in [-0.05, 0) is 31.0 Å². The van der Waals surface area contributed by atoms with Gasteiger partial charge in [-0.15, -0.1) is 0 Å². The third-order valence-electron chi connectivity index (χ3n) is 2.45. The minimum atomic E-state index is 0.132. The second-order valence-electron chi connectivity index (χ2n) is 3.64. The number of nitrogens with zero attached hydrogens (tertiary/aromatic N) is 1. The molecule has 0 fully saturated rings. The zero-order valence-electron chi connectivity index (χ0n) is 9.03. The van der Waals surface area contributed by atoms with Gasteiger partial charge in [0.05, 0.1) is 6.73 Å². The van der Waals surface area contributed by atoms with Crippen molar-refractivity contribution in [2.75, 3.05) is 20.3 Å². The first kappa shape index (κ1) is 11.2. The van der Waals surface area contributed by atoms with Gasteiger partial charge in [-0.1, -0.05) is 31.2 Å². The van der Waals surface area contributed by atoms with Crippen molar-refractivity contribution in [2.45, 2.75) is 19.8 Å². The molecule has 0 atom stereocenters. The van der Waals surface area contributed by atoms with Crippen LogP contribution < -0.4 is 0 Å². The molecule has 1 aromatic carbocycles. The lowest BCUT2D eigenvalue weighted by Crippen LogP contribution is -2.21. The first-order chi connectivity index (χ1) is 6.76. The van der Waals surface area contributed by atoms with Crippen LogP contribution in [-0.4, -0.2) is 30.3 Å². The number of hydrogen-bond acceptors (Lipinski definition) is 2. The van der Waals surface area contributed by atoms with Crippen molar-refractivity contribution in [3.8, 4) is 0 Å². The molecule has 0 saturated carbocycles. The fourth-order valence-electron chi connectivity index (χ4n) is 1.33. The molecule has 78 valence electrons. The predicted molar refractivity (Wildman–Crippen MR) is 59.2 cm³/mol. The Labute approximate surface area is 86.2 Å². The highest BCUT2D eigenvalue weighted by Gasteiger charge is 1.97. The molecular weight excluding hydrogens is 174 g/mol. The summed E-state index contributed by atoms with van der Waals surface area (Å²) < 4.78 is 0. The van der Waals surface area contributed by atoms with Crippen molar-refractivity contribution in [2.24, 2.45) is 0 Å². The Balaban J connectivity index is 2.43. The van der Waals surface area contributed by atoms with E-state index in [2.05, 4.69) is 31.2 Å². The molecule has 1 N–H and O–H groups in total. The van der Waals surface area contributed by atoms with Crippen LogP contribution in [-0.2, 0) is 12.8 Å². The van der Waals surface area contributed by atoms with Crippen LogP contribution in [0.5, 0.6) is 0 Å². The van der Waals surface area contributed by atoms with Crippen LogP contribution in [0, 0.1) is 0 Å². The summed E-state index contributed by atoms with van der Waals surface area (Å²) in [6, 6.07) is 8.69. The van der Waals surface area contributed by atoms with Gasteiger partial charge in [0, 0.05) is 6.54 Å². The molecule has 2 nitrogen and oxygen atoms in total. The largest absolute Gasteiger partial charge is 0.381 e. The van der Waals surface area contributed by atoms with E-state index in [0.717, 1.165) is 19.4 Å². The van der Waals surface area contributed by atoms with Gasteiger partial charge in [0.25, 0.3) is 0 Å². The van der Waals surface area contributed by atoms with E-state index in [1.54, 1.807) is 0 Å². The van der Waals surface area contributed by atoms with E-state index in [9.17, 15) is 0 Å². The molecule has 0 bridgehead atoms. The first-order valence-electron chi connectivity index (χ1n) is 5.13. The Morgan fingerprint density at radius 3 is 2.21 bits per heavy atom. The normalized spacial score (nSPS) is 10.9. The Kier molecular flexibility index (Phi) is 4.63. The average Bonchev–Trinajstić information content (AvgIpc) is 2.26. The lowest BCUT2D eigenvalue weighted by molar-refractivity contribution is 0.134. The van der Waals surface area contributed by atoms with Crippen LogP contribution in [0.4, 0.5) is 0 Å². The van der Waals surface area contributed by atoms with Gasteiger partial charge in [0.1, 0.15) is 0 Å². The Morgan fingerprint density at radius 1 is 1.14 bits per heavy atom. The van der Waals surface area contributed by atoms with E-state index in [-0.39, 0.29) is 6.73 Å². The van der Waals surface area contributed by atoms with Gasteiger partial charge in [0.15, 0.2) is 0 Å². The molecule has 14 heavy (non-hydrogen) atoms. The molecule has 0 heterocycles. The fraction of sp³-hybridized carbons (Fsp3) is 0.500. The van der Waals surface area contributed by atoms with Crippen LogP contribution >= 0.6 is 0 Å². The SMILES string of the molecule is CCc1ccc(CCN(C)CO)cc1. The predicted octanol–water partition coefficient (Wildman–Crippen LogP) is 1.67. The minimum Gasteiger partial charge on any atom is -0.381 e. The minimum absolute atomic E-state index is 0.132. The molecule has 0 saturated heterocycles. The van der Waals surface area contributed by atoms with Gasteiger partial charge in [-0.2, -0.15) is 0 Å². The maximum absolute atomic E-state index is 8.82. The molecule has 0 aliphatic carbocycles. The van der Waals surface area contributed by atoms with Crippen molar-refractivity contribution >= 4 is 0 Å². The summed E-state index contributed by atoms with van der Waals surface area (Å²) in [5, 5.41) is 8.82. The van der Waals surface area contributed by atoms with Crippen LogP contribution in [0.15, 0.2) is 24.3 Å². The molecule has 0 amide bonds. The zero-order chi connectivity index (χ0) is 10.4. The Hall–Kier alpha value is -0.860. The maximum atomic E-state index is 8.82. The second-order valence-corrected chi connectivity index (χ2v) is 3.64. The third kappa shape index (κ3) is 3.48. The topological polar surface area (TPSA) is 23.5 Å². The number of aryl methyl sites for hydroxylation is 1. The first-order valence-corrected chi connectivity index (χ1v) is 5.13. The molecule has 0 aliphatic rings. The molecule has 1 rings (SSSR count). The number of aliphatic hydroxyl groups excluding tert-OH is 1. The Bertz CT molecular complexity index is 256. The van der Waals surface area contributed by atoms with Crippen molar-refractivity contribution in [3.05, 3.63) is 35.4 Å². The van der Waals surface area contributed by atoms with Crippen molar-refractivity contribution in [1.82, 2.24) is 4.90 Å². The summed E-state index contributed by atoms with van der Waals surface area (Å²) >= 11 is 0. The van der Waals surface area contributed by atoms with Gasteiger partial charge in [-0.3, -0.25) is 4.90 Å².